The third-order valence-electron chi connectivity index (χ3n) is 4.51. The normalized spacial score (nSPS) is 13.0. The maximum atomic E-state index is 12.3. The number of rotatable bonds is 11. The molecular weight excluding hydrogens is 386 g/mol. The number of hydrogen-bond donors (Lipinski definition) is 2. The van der Waals surface area contributed by atoms with E-state index in [2.05, 4.69) is 17.0 Å². The van der Waals surface area contributed by atoms with E-state index < -0.39 is 23.3 Å². The lowest BCUT2D eigenvalue weighted by molar-refractivity contribution is 0.103. The van der Waals surface area contributed by atoms with Gasteiger partial charge >= 0.3 is 11.7 Å². The summed E-state index contributed by atoms with van der Waals surface area (Å²) in [4.78, 5) is 35.5. The standard InChI is InChI=1S/C23H31NO6/c1-5-6-10-16(2)11-9-13-18(25)21-19(26)15-20(30-22(21)27)17(3)12-7-8-14-24-23(28)29-4/h8-9,11,13-15,17,26H,5-7,10,12H2,1-4H3,(H,24,28)/b13-9+,14-8+,16-11+. The van der Waals surface area contributed by atoms with Gasteiger partial charge in [0.25, 0.3) is 0 Å². The molecule has 1 aromatic rings. The van der Waals surface area contributed by atoms with Crippen molar-refractivity contribution in [3.05, 3.63) is 63.9 Å². The number of methoxy groups -OCH3 is 1. The minimum Gasteiger partial charge on any atom is -0.507 e. The number of unbranched alkanes of at least 4 members (excludes halogenated alkanes) is 1. The highest BCUT2D eigenvalue weighted by Gasteiger charge is 2.19. The van der Waals surface area contributed by atoms with E-state index in [0.717, 1.165) is 24.8 Å². The fourth-order valence-corrected chi connectivity index (χ4v) is 2.65. The maximum absolute atomic E-state index is 12.3. The van der Waals surface area contributed by atoms with E-state index in [1.807, 2.05) is 19.9 Å². The summed E-state index contributed by atoms with van der Waals surface area (Å²) in [7, 11) is 1.27. The molecule has 1 aromatic heterocycles. The molecule has 0 saturated heterocycles. The van der Waals surface area contributed by atoms with Gasteiger partial charge < -0.3 is 14.3 Å². The summed E-state index contributed by atoms with van der Waals surface area (Å²) in [6, 6.07) is 1.31. The van der Waals surface area contributed by atoms with Crippen molar-refractivity contribution in [3.8, 4) is 5.75 Å². The number of nitrogens with one attached hydrogen (secondary N) is 1. The van der Waals surface area contributed by atoms with Crippen LogP contribution in [-0.4, -0.2) is 24.1 Å². The van der Waals surface area contributed by atoms with Gasteiger partial charge in [-0.1, -0.05) is 44.1 Å². The lowest BCUT2D eigenvalue weighted by atomic mass is 10.0. The smallest absolute Gasteiger partial charge is 0.410 e. The fraction of sp³-hybridized carbons (Fsp3) is 0.435. The minimum atomic E-state index is -0.860. The van der Waals surface area contributed by atoms with Crippen molar-refractivity contribution < 1.29 is 23.8 Å². The molecule has 7 heteroatoms. The number of alkyl carbamates (subject to hydrolysis) is 1. The number of allylic oxidation sites excluding steroid dienone is 5. The summed E-state index contributed by atoms with van der Waals surface area (Å²) in [6.45, 7) is 5.93. The van der Waals surface area contributed by atoms with Crippen LogP contribution in [0, 0.1) is 0 Å². The van der Waals surface area contributed by atoms with Crippen LogP contribution in [-0.2, 0) is 4.74 Å². The number of hydrogen-bond acceptors (Lipinski definition) is 6. The van der Waals surface area contributed by atoms with Crippen molar-refractivity contribution in [1.82, 2.24) is 5.32 Å². The number of amides is 1. The van der Waals surface area contributed by atoms with E-state index in [9.17, 15) is 19.5 Å². The molecule has 7 nitrogen and oxygen atoms in total. The Morgan fingerprint density at radius 1 is 1.37 bits per heavy atom. The molecule has 0 bridgehead atoms. The topological polar surface area (TPSA) is 106 Å². The maximum Gasteiger partial charge on any atom is 0.410 e. The predicted molar refractivity (Wildman–Crippen MR) is 116 cm³/mol. The first-order chi connectivity index (χ1) is 14.3. The van der Waals surface area contributed by atoms with Gasteiger partial charge in [-0.2, -0.15) is 0 Å². The molecule has 0 fully saturated rings. The second-order valence-electron chi connectivity index (χ2n) is 7.05. The average Bonchev–Trinajstić information content (AvgIpc) is 2.70. The summed E-state index contributed by atoms with van der Waals surface area (Å²) < 4.78 is 9.71. The van der Waals surface area contributed by atoms with Crippen molar-refractivity contribution >= 4 is 11.9 Å². The van der Waals surface area contributed by atoms with Gasteiger partial charge in [-0.05, 0) is 38.7 Å². The molecule has 1 amide bonds. The predicted octanol–water partition coefficient (Wildman–Crippen LogP) is 4.97. The third kappa shape index (κ3) is 8.51. The van der Waals surface area contributed by atoms with Crippen LogP contribution in [0.3, 0.4) is 0 Å². The van der Waals surface area contributed by atoms with Gasteiger partial charge in [0.1, 0.15) is 17.1 Å². The van der Waals surface area contributed by atoms with E-state index in [1.165, 1.54) is 25.5 Å². The lowest BCUT2D eigenvalue weighted by Gasteiger charge is -2.10. The van der Waals surface area contributed by atoms with Crippen LogP contribution in [0.1, 0.15) is 74.9 Å². The Bertz CT molecular complexity index is 863. The number of ketones is 1. The largest absolute Gasteiger partial charge is 0.507 e. The number of aromatic hydroxyl groups is 1. The summed E-state index contributed by atoms with van der Waals surface area (Å²) in [5.41, 5.74) is -0.0952. The molecule has 0 saturated carbocycles. The van der Waals surface area contributed by atoms with Gasteiger partial charge in [0.15, 0.2) is 5.78 Å². The molecule has 1 heterocycles. The Morgan fingerprint density at radius 3 is 2.73 bits per heavy atom. The Morgan fingerprint density at radius 2 is 2.10 bits per heavy atom. The molecule has 0 aliphatic rings. The SMILES string of the molecule is CCCC/C(C)=C/C=C/C(=O)c1c(O)cc(C(C)CC/C=C/NC(=O)OC)oc1=O. The second-order valence-corrected chi connectivity index (χ2v) is 7.05. The molecule has 1 unspecified atom stereocenters. The molecule has 0 aliphatic carbocycles. The van der Waals surface area contributed by atoms with Gasteiger partial charge in [0, 0.05) is 18.2 Å². The minimum absolute atomic E-state index is 0.171. The van der Waals surface area contributed by atoms with Crippen molar-refractivity contribution in [1.29, 1.82) is 0 Å². The van der Waals surface area contributed by atoms with E-state index in [1.54, 1.807) is 12.2 Å². The average molecular weight is 418 g/mol. The van der Waals surface area contributed by atoms with Gasteiger partial charge in [-0.3, -0.25) is 10.1 Å². The summed E-state index contributed by atoms with van der Waals surface area (Å²) >= 11 is 0. The molecule has 0 spiro atoms. The summed E-state index contributed by atoms with van der Waals surface area (Å²) in [5.74, 6) is -0.868. The van der Waals surface area contributed by atoms with Crippen molar-refractivity contribution in [2.24, 2.45) is 0 Å². The van der Waals surface area contributed by atoms with Gasteiger partial charge in [0.05, 0.1) is 7.11 Å². The lowest BCUT2D eigenvalue weighted by Crippen LogP contribution is -2.16. The zero-order valence-corrected chi connectivity index (χ0v) is 18.1. The third-order valence-corrected chi connectivity index (χ3v) is 4.51. The molecule has 1 rings (SSSR count). The quantitative estimate of drug-likeness (QED) is 0.299. The molecule has 0 radical (unpaired) electrons. The van der Waals surface area contributed by atoms with Crippen LogP contribution in [0.25, 0.3) is 0 Å². The molecule has 2 N–H and O–H groups in total. The molecule has 30 heavy (non-hydrogen) atoms. The molecule has 0 aromatic carbocycles. The number of carbonyl (C=O) groups is 2. The van der Waals surface area contributed by atoms with Crippen LogP contribution in [0.15, 0.2) is 51.4 Å². The van der Waals surface area contributed by atoms with Crippen LogP contribution in [0.2, 0.25) is 0 Å². The molecular formula is C23H31NO6. The Hall–Kier alpha value is -3.09. The van der Waals surface area contributed by atoms with Crippen LogP contribution in [0.5, 0.6) is 5.75 Å². The zero-order valence-electron chi connectivity index (χ0n) is 18.1. The van der Waals surface area contributed by atoms with Crippen molar-refractivity contribution in [3.63, 3.8) is 0 Å². The zero-order chi connectivity index (χ0) is 22.5. The van der Waals surface area contributed by atoms with E-state index in [-0.39, 0.29) is 11.5 Å². The van der Waals surface area contributed by atoms with Crippen LogP contribution < -0.4 is 10.9 Å². The summed E-state index contributed by atoms with van der Waals surface area (Å²) in [5, 5.41) is 12.6. The molecule has 164 valence electrons. The number of carbonyl (C=O) groups excluding carboxylic acids is 2. The Balaban J connectivity index is 2.77. The highest BCUT2D eigenvalue weighted by molar-refractivity contribution is 6.06. The first kappa shape index (κ1) is 24.9. The highest BCUT2D eigenvalue weighted by Crippen LogP contribution is 2.25. The highest BCUT2D eigenvalue weighted by atomic mass is 16.5. The monoisotopic (exact) mass is 417 g/mol. The molecule has 0 aliphatic heterocycles. The van der Waals surface area contributed by atoms with Gasteiger partial charge in [0.2, 0.25) is 0 Å². The van der Waals surface area contributed by atoms with Crippen molar-refractivity contribution in [2.75, 3.05) is 7.11 Å². The fourth-order valence-electron chi connectivity index (χ4n) is 2.65. The van der Waals surface area contributed by atoms with E-state index in [0.29, 0.717) is 18.6 Å². The molecule has 1 atom stereocenters. The Labute approximate surface area is 177 Å². The van der Waals surface area contributed by atoms with Crippen LogP contribution >= 0.6 is 0 Å². The van der Waals surface area contributed by atoms with Gasteiger partial charge in [-0.25, -0.2) is 9.59 Å². The second kappa shape index (κ2) is 13.2. The summed E-state index contributed by atoms with van der Waals surface area (Å²) in [6.07, 6.45) is 11.6. The van der Waals surface area contributed by atoms with E-state index >= 15 is 0 Å². The Kier molecular flexibility index (Phi) is 11.0. The van der Waals surface area contributed by atoms with Crippen LogP contribution in [0.4, 0.5) is 4.79 Å². The number of ether oxygens (including phenoxy) is 1. The first-order valence-corrected chi connectivity index (χ1v) is 10.0. The van der Waals surface area contributed by atoms with Gasteiger partial charge in [-0.15, -0.1) is 0 Å². The van der Waals surface area contributed by atoms with Crippen molar-refractivity contribution in [2.45, 2.75) is 58.8 Å². The first-order valence-electron chi connectivity index (χ1n) is 10.0. The van der Waals surface area contributed by atoms with E-state index in [4.69, 9.17) is 4.42 Å².